The highest BCUT2D eigenvalue weighted by atomic mass is 35.5. The number of aromatic nitrogens is 1. The molecule has 1 amide bonds. The maximum absolute atomic E-state index is 12.7. The van der Waals surface area contributed by atoms with Gasteiger partial charge in [0, 0.05) is 25.4 Å². The minimum atomic E-state index is -0.349. The average molecular weight is 335 g/mol. The van der Waals surface area contributed by atoms with Crippen LogP contribution in [0.3, 0.4) is 0 Å². The van der Waals surface area contributed by atoms with Gasteiger partial charge in [0.15, 0.2) is 11.5 Å². The van der Waals surface area contributed by atoms with Gasteiger partial charge in [-0.1, -0.05) is 11.6 Å². The Bertz CT molecular complexity index is 702. The van der Waals surface area contributed by atoms with E-state index in [1.54, 1.807) is 23.1 Å². The van der Waals surface area contributed by atoms with Gasteiger partial charge in [-0.25, -0.2) is 0 Å². The monoisotopic (exact) mass is 334 g/mol. The Kier molecular flexibility index (Phi) is 4.73. The van der Waals surface area contributed by atoms with Crippen molar-refractivity contribution in [2.75, 3.05) is 19.8 Å². The first-order valence-corrected chi connectivity index (χ1v) is 7.59. The normalized spacial score (nSPS) is 18.0. The Balaban J connectivity index is 1.77. The topological polar surface area (TPSA) is 72.6 Å². The molecule has 2 aromatic rings. The van der Waals surface area contributed by atoms with E-state index in [-0.39, 0.29) is 29.9 Å². The summed E-state index contributed by atoms with van der Waals surface area (Å²) in [7, 11) is 0. The van der Waals surface area contributed by atoms with Crippen LogP contribution in [0, 0.1) is 0 Å². The molecule has 0 bridgehead atoms. The van der Waals surface area contributed by atoms with E-state index >= 15 is 0 Å². The SMILES string of the molecule is O=C(CC1COCCN1C(=O)c1ccncc1Cl)c1ccco1. The number of hydrogen-bond donors (Lipinski definition) is 0. The molecule has 3 rings (SSSR count). The number of amides is 1. The van der Waals surface area contributed by atoms with Crippen molar-refractivity contribution < 1.29 is 18.7 Å². The van der Waals surface area contributed by atoms with E-state index in [4.69, 9.17) is 20.8 Å². The van der Waals surface area contributed by atoms with Gasteiger partial charge in [0.05, 0.1) is 36.1 Å². The van der Waals surface area contributed by atoms with Crippen LogP contribution in [-0.4, -0.2) is 47.4 Å². The number of furan rings is 1. The lowest BCUT2D eigenvalue weighted by Crippen LogP contribution is -2.49. The molecule has 1 aliphatic rings. The number of halogens is 1. The molecule has 120 valence electrons. The Morgan fingerprint density at radius 2 is 2.26 bits per heavy atom. The molecule has 1 saturated heterocycles. The number of rotatable bonds is 4. The fraction of sp³-hybridized carbons (Fsp3) is 0.312. The zero-order valence-corrected chi connectivity index (χ0v) is 13.0. The third-order valence-corrected chi connectivity index (χ3v) is 4.01. The van der Waals surface area contributed by atoms with Gasteiger partial charge >= 0.3 is 0 Å². The van der Waals surface area contributed by atoms with E-state index < -0.39 is 0 Å². The predicted octanol–water partition coefficient (Wildman–Crippen LogP) is 2.44. The van der Waals surface area contributed by atoms with Crippen LogP contribution in [0.2, 0.25) is 5.02 Å². The highest BCUT2D eigenvalue weighted by Gasteiger charge is 2.31. The number of nitrogens with zero attached hydrogens (tertiary/aromatic N) is 2. The quantitative estimate of drug-likeness (QED) is 0.803. The summed E-state index contributed by atoms with van der Waals surface area (Å²) in [5.74, 6) is -0.105. The summed E-state index contributed by atoms with van der Waals surface area (Å²) in [6, 6.07) is 4.49. The van der Waals surface area contributed by atoms with Crippen molar-refractivity contribution in [2.45, 2.75) is 12.5 Å². The summed E-state index contributed by atoms with van der Waals surface area (Å²) >= 11 is 6.05. The molecule has 1 fully saturated rings. The van der Waals surface area contributed by atoms with Crippen LogP contribution in [0.25, 0.3) is 0 Å². The van der Waals surface area contributed by atoms with E-state index in [1.165, 1.54) is 18.7 Å². The van der Waals surface area contributed by atoms with Gasteiger partial charge in [0.2, 0.25) is 0 Å². The van der Waals surface area contributed by atoms with Crippen LogP contribution in [-0.2, 0) is 4.74 Å². The lowest BCUT2D eigenvalue weighted by Gasteiger charge is -2.35. The number of carbonyl (C=O) groups excluding carboxylic acids is 2. The minimum absolute atomic E-state index is 0.141. The second-order valence-corrected chi connectivity index (χ2v) is 5.59. The number of ether oxygens (including phenoxy) is 1. The van der Waals surface area contributed by atoms with Gasteiger partial charge in [-0.05, 0) is 18.2 Å². The van der Waals surface area contributed by atoms with Gasteiger partial charge in [-0.15, -0.1) is 0 Å². The molecule has 0 saturated carbocycles. The third-order valence-electron chi connectivity index (χ3n) is 3.71. The first kappa shape index (κ1) is 15.7. The number of pyridine rings is 1. The Hall–Kier alpha value is -2.18. The van der Waals surface area contributed by atoms with Crippen molar-refractivity contribution in [1.29, 1.82) is 0 Å². The highest BCUT2D eigenvalue weighted by molar-refractivity contribution is 6.33. The maximum atomic E-state index is 12.7. The van der Waals surface area contributed by atoms with Gasteiger partial charge in [0.1, 0.15) is 0 Å². The lowest BCUT2D eigenvalue weighted by molar-refractivity contribution is -0.00302. The molecule has 0 radical (unpaired) electrons. The Labute approximate surface area is 138 Å². The van der Waals surface area contributed by atoms with Crippen LogP contribution < -0.4 is 0 Å². The zero-order valence-electron chi connectivity index (χ0n) is 12.3. The number of Topliss-reactive ketones (excluding diaryl/α,β-unsaturated/α-hetero) is 1. The van der Waals surface area contributed by atoms with Crippen LogP contribution in [0.1, 0.15) is 27.3 Å². The minimum Gasteiger partial charge on any atom is -0.461 e. The molecule has 6 nitrogen and oxygen atoms in total. The van der Waals surface area contributed by atoms with Crippen LogP contribution in [0.15, 0.2) is 41.3 Å². The van der Waals surface area contributed by atoms with E-state index in [0.29, 0.717) is 30.3 Å². The summed E-state index contributed by atoms with van der Waals surface area (Å²) in [4.78, 5) is 30.5. The summed E-state index contributed by atoms with van der Waals surface area (Å²) < 4.78 is 10.5. The first-order chi connectivity index (χ1) is 11.2. The van der Waals surface area contributed by atoms with E-state index in [0.717, 1.165) is 0 Å². The van der Waals surface area contributed by atoms with Crippen molar-refractivity contribution >= 4 is 23.3 Å². The molecule has 7 heteroatoms. The highest BCUT2D eigenvalue weighted by Crippen LogP contribution is 2.21. The van der Waals surface area contributed by atoms with Crippen LogP contribution in [0.5, 0.6) is 0 Å². The number of morpholine rings is 1. The molecule has 2 aromatic heterocycles. The fourth-order valence-electron chi connectivity index (χ4n) is 2.55. The molecule has 0 N–H and O–H groups in total. The van der Waals surface area contributed by atoms with Crippen molar-refractivity contribution in [3.8, 4) is 0 Å². The zero-order chi connectivity index (χ0) is 16.2. The van der Waals surface area contributed by atoms with E-state index in [2.05, 4.69) is 4.98 Å². The van der Waals surface area contributed by atoms with Gasteiger partial charge in [-0.3, -0.25) is 14.6 Å². The van der Waals surface area contributed by atoms with Gasteiger partial charge < -0.3 is 14.1 Å². The van der Waals surface area contributed by atoms with Gasteiger partial charge in [0.25, 0.3) is 5.91 Å². The summed E-state index contributed by atoms with van der Waals surface area (Å²) in [5.41, 5.74) is 0.374. The molecular formula is C16H15ClN2O4. The molecule has 0 spiro atoms. The van der Waals surface area contributed by atoms with Crippen molar-refractivity contribution in [2.24, 2.45) is 0 Å². The standard InChI is InChI=1S/C16H15ClN2O4/c17-13-9-18-4-3-12(13)16(21)19-5-7-22-10-11(19)8-14(20)15-2-1-6-23-15/h1-4,6,9,11H,5,7-8,10H2. The largest absolute Gasteiger partial charge is 0.461 e. The smallest absolute Gasteiger partial charge is 0.255 e. The van der Waals surface area contributed by atoms with E-state index in [1.807, 2.05) is 0 Å². The second-order valence-electron chi connectivity index (χ2n) is 5.19. The molecular weight excluding hydrogens is 320 g/mol. The van der Waals surface area contributed by atoms with E-state index in [9.17, 15) is 9.59 Å². The molecule has 0 aromatic carbocycles. The number of ketones is 1. The Morgan fingerprint density at radius 3 is 3.00 bits per heavy atom. The first-order valence-electron chi connectivity index (χ1n) is 7.21. The molecule has 1 atom stereocenters. The molecule has 3 heterocycles. The number of hydrogen-bond acceptors (Lipinski definition) is 5. The summed E-state index contributed by atoms with van der Waals surface area (Å²) in [6.07, 6.45) is 4.53. The van der Waals surface area contributed by atoms with Crippen molar-refractivity contribution in [3.63, 3.8) is 0 Å². The number of carbonyl (C=O) groups is 2. The second kappa shape index (κ2) is 6.93. The average Bonchev–Trinajstić information content (AvgIpc) is 3.10. The molecule has 1 unspecified atom stereocenters. The predicted molar refractivity (Wildman–Crippen MR) is 82.5 cm³/mol. The third kappa shape index (κ3) is 3.43. The maximum Gasteiger partial charge on any atom is 0.255 e. The van der Waals surface area contributed by atoms with Crippen molar-refractivity contribution in [3.05, 3.63) is 53.2 Å². The summed E-state index contributed by atoms with van der Waals surface area (Å²) in [5, 5.41) is 0.292. The van der Waals surface area contributed by atoms with Crippen LogP contribution >= 0.6 is 11.6 Å². The summed E-state index contributed by atoms with van der Waals surface area (Å²) in [6.45, 7) is 1.15. The molecule has 1 aliphatic heterocycles. The van der Waals surface area contributed by atoms with Crippen LogP contribution in [0.4, 0.5) is 0 Å². The molecule has 0 aliphatic carbocycles. The van der Waals surface area contributed by atoms with Crippen molar-refractivity contribution in [1.82, 2.24) is 9.88 Å². The lowest BCUT2D eigenvalue weighted by atomic mass is 10.1. The molecule has 23 heavy (non-hydrogen) atoms. The van der Waals surface area contributed by atoms with Gasteiger partial charge in [-0.2, -0.15) is 0 Å². The Morgan fingerprint density at radius 1 is 1.39 bits per heavy atom. The fourth-order valence-corrected chi connectivity index (χ4v) is 2.75.